The first-order chi connectivity index (χ1) is 13.2. The van der Waals surface area contributed by atoms with Crippen LogP contribution in [-0.2, 0) is 6.54 Å². The minimum Gasteiger partial charge on any atom is -0.397 e. The van der Waals surface area contributed by atoms with E-state index >= 15 is 0 Å². The van der Waals surface area contributed by atoms with Crippen molar-refractivity contribution in [3.63, 3.8) is 0 Å². The summed E-state index contributed by atoms with van der Waals surface area (Å²) in [6.07, 6.45) is 8.09. The van der Waals surface area contributed by atoms with Crippen molar-refractivity contribution >= 4 is 28.6 Å². The second kappa shape index (κ2) is 7.92. The highest BCUT2D eigenvalue weighted by Gasteiger charge is 2.17. The number of benzene rings is 1. The Kier molecular flexibility index (Phi) is 5.20. The Morgan fingerprint density at radius 2 is 2.15 bits per heavy atom. The van der Waals surface area contributed by atoms with Gasteiger partial charge in [0.25, 0.3) is 5.91 Å². The van der Waals surface area contributed by atoms with E-state index in [2.05, 4.69) is 15.6 Å². The third-order valence-electron chi connectivity index (χ3n) is 5.12. The second-order valence-corrected chi connectivity index (χ2v) is 7.99. The molecule has 0 spiro atoms. The third kappa shape index (κ3) is 4.19. The van der Waals surface area contributed by atoms with Crippen molar-refractivity contribution in [2.45, 2.75) is 38.6 Å². The molecule has 1 saturated carbocycles. The minimum atomic E-state index is -0.294. The molecule has 1 aliphatic rings. The maximum Gasteiger partial charge on any atom is 0.277 e. The molecule has 4 rings (SSSR count). The lowest BCUT2D eigenvalue weighted by molar-refractivity contribution is 0.102. The summed E-state index contributed by atoms with van der Waals surface area (Å²) in [7, 11) is 0. The molecular formula is C20H23N5OS. The molecule has 0 unspecified atom stereocenters. The minimum absolute atomic E-state index is 0.294. The third-order valence-corrected chi connectivity index (χ3v) is 6.04. The van der Waals surface area contributed by atoms with E-state index in [0.717, 1.165) is 29.3 Å². The number of carbonyl (C=O) groups is 1. The van der Waals surface area contributed by atoms with Gasteiger partial charge in [0.1, 0.15) is 0 Å². The molecule has 1 aliphatic carbocycles. The van der Waals surface area contributed by atoms with Gasteiger partial charge in [-0.1, -0.05) is 43.0 Å². The second-order valence-electron chi connectivity index (χ2n) is 7.04. The molecule has 2 heterocycles. The van der Waals surface area contributed by atoms with Gasteiger partial charge in [-0.2, -0.15) is 0 Å². The van der Waals surface area contributed by atoms with E-state index in [-0.39, 0.29) is 5.91 Å². The summed E-state index contributed by atoms with van der Waals surface area (Å²) in [4.78, 5) is 13.7. The molecule has 1 amide bonds. The first-order valence-electron chi connectivity index (χ1n) is 9.34. The topological polar surface area (TPSA) is 85.8 Å². The van der Waals surface area contributed by atoms with Crippen LogP contribution in [0.15, 0.2) is 41.9 Å². The Bertz CT molecular complexity index is 912. The van der Waals surface area contributed by atoms with E-state index in [1.165, 1.54) is 25.7 Å². The monoisotopic (exact) mass is 381 g/mol. The summed E-state index contributed by atoms with van der Waals surface area (Å²) >= 11 is 1.65. The van der Waals surface area contributed by atoms with Crippen molar-refractivity contribution < 1.29 is 4.79 Å². The number of hydrogen-bond donors (Lipinski definition) is 2. The van der Waals surface area contributed by atoms with Crippen LogP contribution < -0.4 is 11.1 Å². The molecule has 0 radical (unpaired) electrons. The van der Waals surface area contributed by atoms with Crippen molar-refractivity contribution in [1.29, 1.82) is 0 Å². The summed E-state index contributed by atoms with van der Waals surface area (Å²) in [5.41, 5.74) is 8.48. The highest BCUT2D eigenvalue weighted by molar-refractivity contribution is 7.13. The van der Waals surface area contributed by atoms with Gasteiger partial charge in [-0.15, -0.1) is 16.4 Å². The van der Waals surface area contributed by atoms with Gasteiger partial charge in [-0.3, -0.25) is 9.48 Å². The van der Waals surface area contributed by atoms with E-state index in [1.54, 1.807) is 22.2 Å². The smallest absolute Gasteiger partial charge is 0.277 e. The van der Waals surface area contributed by atoms with Crippen LogP contribution in [0.4, 0.5) is 11.4 Å². The predicted octanol–water partition coefficient (Wildman–Crippen LogP) is 4.42. The van der Waals surface area contributed by atoms with Gasteiger partial charge in [-0.05, 0) is 41.5 Å². The fourth-order valence-electron chi connectivity index (χ4n) is 3.57. The molecule has 2 aromatic heterocycles. The lowest BCUT2D eigenvalue weighted by Gasteiger charge is -2.09. The highest BCUT2D eigenvalue weighted by Crippen LogP contribution is 2.30. The molecule has 6 nitrogen and oxygen atoms in total. The Morgan fingerprint density at radius 3 is 2.93 bits per heavy atom. The largest absolute Gasteiger partial charge is 0.397 e. The first-order valence-corrected chi connectivity index (χ1v) is 10.2. The molecule has 1 aromatic carbocycles. The fourth-order valence-corrected chi connectivity index (χ4v) is 4.30. The average Bonchev–Trinajstić information content (AvgIpc) is 3.43. The summed E-state index contributed by atoms with van der Waals surface area (Å²) in [5.74, 6) is 0.489. The number of nitrogens with one attached hydrogen (secondary N) is 1. The normalized spacial score (nSPS) is 14.5. The van der Waals surface area contributed by atoms with Crippen LogP contribution in [0.1, 0.15) is 42.6 Å². The number of thiophene rings is 1. The van der Waals surface area contributed by atoms with E-state index in [1.807, 2.05) is 35.7 Å². The van der Waals surface area contributed by atoms with Crippen molar-refractivity contribution in [2.24, 2.45) is 5.92 Å². The molecule has 1 fully saturated rings. The van der Waals surface area contributed by atoms with Crippen LogP contribution in [0.5, 0.6) is 0 Å². The number of nitrogens with zero attached hydrogens (tertiary/aromatic N) is 3. The zero-order valence-corrected chi connectivity index (χ0v) is 15.9. The summed E-state index contributed by atoms with van der Waals surface area (Å²) in [5, 5.41) is 13.0. The van der Waals surface area contributed by atoms with Crippen molar-refractivity contribution in [3.05, 3.63) is 47.6 Å². The van der Waals surface area contributed by atoms with Gasteiger partial charge >= 0.3 is 0 Å². The van der Waals surface area contributed by atoms with Crippen molar-refractivity contribution in [3.8, 4) is 10.4 Å². The number of carbonyl (C=O) groups excluding carboxylic acids is 1. The molecule has 7 heteroatoms. The van der Waals surface area contributed by atoms with Crippen LogP contribution in [0, 0.1) is 5.92 Å². The number of hydrogen-bond acceptors (Lipinski definition) is 5. The summed E-state index contributed by atoms with van der Waals surface area (Å²) in [6.45, 7) is 0.806. The van der Waals surface area contributed by atoms with Crippen LogP contribution in [0.2, 0.25) is 0 Å². The van der Waals surface area contributed by atoms with Gasteiger partial charge in [-0.25, -0.2) is 0 Å². The Morgan fingerprint density at radius 1 is 1.30 bits per heavy atom. The molecule has 3 aromatic rings. The summed E-state index contributed by atoms with van der Waals surface area (Å²) in [6, 6.07) is 9.69. The number of aromatic nitrogens is 3. The first kappa shape index (κ1) is 17.7. The molecule has 3 N–H and O–H groups in total. The number of rotatable bonds is 6. The maximum absolute atomic E-state index is 12.6. The van der Waals surface area contributed by atoms with Crippen LogP contribution in [-0.4, -0.2) is 20.9 Å². The maximum atomic E-state index is 12.6. The molecule has 0 atom stereocenters. The van der Waals surface area contributed by atoms with Crippen molar-refractivity contribution in [1.82, 2.24) is 15.0 Å². The fraction of sp³-hybridized carbons (Fsp3) is 0.350. The van der Waals surface area contributed by atoms with Gasteiger partial charge < -0.3 is 11.1 Å². The lowest BCUT2D eigenvalue weighted by Crippen LogP contribution is -2.13. The zero-order valence-electron chi connectivity index (χ0n) is 15.1. The van der Waals surface area contributed by atoms with Crippen LogP contribution in [0.3, 0.4) is 0 Å². The van der Waals surface area contributed by atoms with E-state index < -0.39 is 0 Å². The van der Waals surface area contributed by atoms with Crippen molar-refractivity contribution in [2.75, 3.05) is 11.1 Å². The average molecular weight is 382 g/mol. The number of anilines is 2. The van der Waals surface area contributed by atoms with E-state index in [0.29, 0.717) is 17.1 Å². The van der Waals surface area contributed by atoms with Gasteiger partial charge in [0, 0.05) is 11.4 Å². The van der Waals surface area contributed by atoms with Gasteiger partial charge in [0.15, 0.2) is 5.69 Å². The number of nitrogen functional groups attached to an aromatic ring is 1. The number of nitrogens with two attached hydrogens (primary N) is 1. The number of amides is 1. The Hall–Kier alpha value is -2.67. The lowest BCUT2D eigenvalue weighted by atomic mass is 10.0. The molecule has 27 heavy (non-hydrogen) atoms. The molecule has 0 saturated heterocycles. The van der Waals surface area contributed by atoms with E-state index in [9.17, 15) is 4.79 Å². The molecular weight excluding hydrogens is 358 g/mol. The van der Waals surface area contributed by atoms with Gasteiger partial charge in [0.05, 0.1) is 17.6 Å². The van der Waals surface area contributed by atoms with Crippen LogP contribution in [0.25, 0.3) is 10.4 Å². The predicted molar refractivity (Wildman–Crippen MR) is 109 cm³/mol. The van der Waals surface area contributed by atoms with Gasteiger partial charge in [0.2, 0.25) is 0 Å². The Balaban J connectivity index is 1.42. The SMILES string of the molecule is Nc1ccc(-c2cccs2)cc1NC(=O)c1cn(CCC2CCCC2)nn1. The molecule has 0 aliphatic heterocycles. The van der Waals surface area contributed by atoms with E-state index in [4.69, 9.17) is 5.73 Å². The highest BCUT2D eigenvalue weighted by atomic mass is 32.1. The molecule has 0 bridgehead atoms. The van der Waals surface area contributed by atoms with Crippen LogP contribution >= 0.6 is 11.3 Å². The standard InChI is InChI=1S/C20H23N5OS/c21-16-8-7-15(19-6-3-11-27-19)12-17(16)22-20(26)18-13-25(24-23-18)10-9-14-4-1-2-5-14/h3,6-8,11-14H,1-2,4-5,9-10,21H2,(H,22,26). The summed E-state index contributed by atoms with van der Waals surface area (Å²) < 4.78 is 1.76. The molecule has 140 valence electrons. The zero-order chi connectivity index (χ0) is 18.6. The Labute approximate surface area is 162 Å². The quantitative estimate of drug-likeness (QED) is 0.619. The number of aryl methyl sites for hydroxylation is 1.